The van der Waals surface area contributed by atoms with Gasteiger partial charge in [-0.05, 0) is 17.7 Å². The topological polar surface area (TPSA) is 66.5 Å². The molecule has 0 radical (unpaired) electrons. The minimum absolute atomic E-state index is 0.222. The molecule has 3 rings (SSSR count). The maximum Gasteiger partial charge on any atom is 0.160 e. The summed E-state index contributed by atoms with van der Waals surface area (Å²) < 4.78 is 13.4. The Balaban J connectivity index is 1.82. The van der Waals surface area contributed by atoms with Gasteiger partial charge in [-0.15, -0.1) is 0 Å². The molecule has 0 spiro atoms. The van der Waals surface area contributed by atoms with Gasteiger partial charge in [-0.2, -0.15) is 5.10 Å². The van der Waals surface area contributed by atoms with Crippen molar-refractivity contribution in [3.63, 3.8) is 0 Å². The quantitative estimate of drug-likeness (QED) is 0.773. The Morgan fingerprint density at radius 3 is 2.95 bits per heavy atom. The predicted octanol–water partition coefficient (Wildman–Crippen LogP) is 2.88. The minimum atomic E-state index is -0.233. The zero-order chi connectivity index (χ0) is 14.9. The number of benzene rings is 1. The number of nitrogens with one attached hydrogen (secondary N) is 2. The number of hydrogen-bond acceptors (Lipinski definition) is 4. The molecule has 0 atom stereocenters. The Bertz CT molecular complexity index is 765. The molecule has 0 aliphatic rings. The molecule has 0 saturated carbocycles. The van der Waals surface area contributed by atoms with Crippen LogP contribution in [0.1, 0.15) is 19.4 Å². The maximum absolute atomic E-state index is 13.4. The van der Waals surface area contributed by atoms with Gasteiger partial charge in [-0.3, -0.25) is 5.10 Å². The SMILES string of the molecule is CC(C)(CNc1ncnc2[nH]ncc12)c1cccc(F)c1. The Morgan fingerprint density at radius 1 is 1.29 bits per heavy atom. The zero-order valence-corrected chi connectivity index (χ0v) is 11.9. The zero-order valence-electron chi connectivity index (χ0n) is 11.9. The first kappa shape index (κ1) is 13.5. The second-order valence-electron chi connectivity index (χ2n) is 5.60. The Hall–Kier alpha value is -2.50. The van der Waals surface area contributed by atoms with E-state index in [4.69, 9.17) is 0 Å². The number of hydrogen-bond donors (Lipinski definition) is 2. The average Bonchev–Trinajstić information content (AvgIpc) is 2.94. The summed E-state index contributed by atoms with van der Waals surface area (Å²) >= 11 is 0. The van der Waals surface area contributed by atoms with E-state index in [-0.39, 0.29) is 11.2 Å². The summed E-state index contributed by atoms with van der Waals surface area (Å²) in [6.07, 6.45) is 3.17. The molecule has 1 aromatic carbocycles. The molecule has 108 valence electrons. The van der Waals surface area contributed by atoms with Crippen molar-refractivity contribution in [1.82, 2.24) is 20.2 Å². The highest BCUT2D eigenvalue weighted by Gasteiger charge is 2.21. The van der Waals surface area contributed by atoms with Crippen LogP contribution < -0.4 is 5.32 Å². The molecule has 2 aromatic heterocycles. The fourth-order valence-electron chi connectivity index (χ4n) is 2.22. The molecule has 0 fully saturated rings. The van der Waals surface area contributed by atoms with Crippen molar-refractivity contribution in [2.75, 3.05) is 11.9 Å². The Kier molecular flexibility index (Phi) is 3.29. The number of H-pyrrole nitrogens is 1. The van der Waals surface area contributed by atoms with E-state index in [1.165, 1.54) is 12.4 Å². The van der Waals surface area contributed by atoms with Crippen molar-refractivity contribution in [2.45, 2.75) is 19.3 Å². The van der Waals surface area contributed by atoms with Gasteiger partial charge in [0.25, 0.3) is 0 Å². The lowest BCUT2D eigenvalue weighted by Gasteiger charge is -2.26. The molecule has 0 amide bonds. The van der Waals surface area contributed by atoms with E-state index in [1.807, 2.05) is 6.07 Å². The summed E-state index contributed by atoms with van der Waals surface area (Å²) in [4.78, 5) is 8.33. The second kappa shape index (κ2) is 5.12. The van der Waals surface area contributed by atoms with E-state index in [2.05, 4.69) is 39.3 Å². The van der Waals surface area contributed by atoms with Crippen LogP contribution in [-0.2, 0) is 5.41 Å². The average molecular weight is 285 g/mol. The third kappa shape index (κ3) is 2.69. The lowest BCUT2D eigenvalue weighted by atomic mass is 9.84. The second-order valence-corrected chi connectivity index (χ2v) is 5.60. The first-order chi connectivity index (χ1) is 10.1. The molecule has 0 bridgehead atoms. The molecule has 5 nitrogen and oxygen atoms in total. The highest BCUT2D eigenvalue weighted by Crippen LogP contribution is 2.25. The van der Waals surface area contributed by atoms with Gasteiger partial charge < -0.3 is 5.32 Å². The van der Waals surface area contributed by atoms with Crippen molar-refractivity contribution in [3.8, 4) is 0 Å². The summed E-state index contributed by atoms with van der Waals surface area (Å²) in [5.41, 5.74) is 1.40. The van der Waals surface area contributed by atoms with Crippen LogP contribution in [0.3, 0.4) is 0 Å². The van der Waals surface area contributed by atoms with Gasteiger partial charge in [0.05, 0.1) is 11.6 Å². The summed E-state index contributed by atoms with van der Waals surface area (Å²) in [6.45, 7) is 4.73. The van der Waals surface area contributed by atoms with Gasteiger partial charge in [0.2, 0.25) is 0 Å². The van der Waals surface area contributed by atoms with Gasteiger partial charge in [-0.25, -0.2) is 14.4 Å². The van der Waals surface area contributed by atoms with Crippen molar-refractivity contribution < 1.29 is 4.39 Å². The molecule has 6 heteroatoms. The molecular weight excluding hydrogens is 269 g/mol. The summed E-state index contributed by atoms with van der Waals surface area (Å²) in [5.74, 6) is 0.498. The summed E-state index contributed by atoms with van der Waals surface area (Å²) in [5, 5.41) is 10.9. The van der Waals surface area contributed by atoms with Crippen LogP contribution in [-0.4, -0.2) is 26.7 Å². The van der Waals surface area contributed by atoms with Gasteiger partial charge in [0.1, 0.15) is 18.0 Å². The lowest BCUT2D eigenvalue weighted by molar-refractivity contribution is 0.546. The number of anilines is 1. The maximum atomic E-state index is 13.4. The molecule has 0 saturated heterocycles. The number of aromatic amines is 1. The summed E-state index contributed by atoms with van der Waals surface area (Å²) in [7, 11) is 0. The highest BCUT2D eigenvalue weighted by atomic mass is 19.1. The summed E-state index contributed by atoms with van der Waals surface area (Å²) in [6, 6.07) is 6.67. The minimum Gasteiger partial charge on any atom is -0.368 e. The van der Waals surface area contributed by atoms with E-state index in [9.17, 15) is 4.39 Å². The molecule has 2 N–H and O–H groups in total. The molecule has 0 unspecified atom stereocenters. The fourth-order valence-corrected chi connectivity index (χ4v) is 2.22. The third-order valence-corrected chi connectivity index (χ3v) is 3.55. The Morgan fingerprint density at radius 2 is 2.14 bits per heavy atom. The van der Waals surface area contributed by atoms with Crippen LogP contribution in [0.5, 0.6) is 0 Å². The molecule has 2 heterocycles. The first-order valence-electron chi connectivity index (χ1n) is 6.70. The van der Waals surface area contributed by atoms with E-state index >= 15 is 0 Å². The predicted molar refractivity (Wildman–Crippen MR) is 79.6 cm³/mol. The number of fused-ring (bicyclic) bond motifs is 1. The van der Waals surface area contributed by atoms with Gasteiger partial charge in [0, 0.05) is 12.0 Å². The van der Waals surface area contributed by atoms with Crippen LogP contribution in [0.15, 0.2) is 36.8 Å². The van der Waals surface area contributed by atoms with Gasteiger partial charge >= 0.3 is 0 Å². The molecule has 0 aliphatic heterocycles. The third-order valence-electron chi connectivity index (χ3n) is 3.55. The Labute approximate surface area is 121 Å². The first-order valence-corrected chi connectivity index (χ1v) is 6.70. The van der Waals surface area contributed by atoms with Crippen molar-refractivity contribution >= 4 is 16.9 Å². The van der Waals surface area contributed by atoms with E-state index in [1.54, 1.807) is 18.3 Å². The largest absolute Gasteiger partial charge is 0.368 e. The van der Waals surface area contributed by atoms with Crippen molar-refractivity contribution in [3.05, 3.63) is 48.2 Å². The van der Waals surface area contributed by atoms with Crippen LogP contribution in [0.25, 0.3) is 11.0 Å². The monoisotopic (exact) mass is 285 g/mol. The lowest BCUT2D eigenvalue weighted by Crippen LogP contribution is -2.28. The number of nitrogens with zero attached hydrogens (tertiary/aromatic N) is 3. The molecule has 3 aromatic rings. The van der Waals surface area contributed by atoms with Crippen molar-refractivity contribution in [2.24, 2.45) is 0 Å². The van der Waals surface area contributed by atoms with Crippen LogP contribution in [0.4, 0.5) is 10.2 Å². The number of aromatic nitrogens is 4. The van der Waals surface area contributed by atoms with Gasteiger partial charge in [0.15, 0.2) is 5.65 Å². The standard InChI is InChI=1S/C15H16FN5/c1-15(2,10-4-3-5-11(16)6-10)8-17-13-12-7-20-21-14(12)19-9-18-13/h3-7,9H,8H2,1-2H3,(H2,17,18,19,20,21). The van der Waals surface area contributed by atoms with Crippen LogP contribution in [0.2, 0.25) is 0 Å². The smallest absolute Gasteiger partial charge is 0.160 e. The highest BCUT2D eigenvalue weighted by molar-refractivity contribution is 5.85. The number of rotatable bonds is 4. The molecular formula is C15H16FN5. The fraction of sp³-hybridized carbons (Fsp3) is 0.267. The van der Waals surface area contributed by atoms with Crippen LogP contribution in [0, 0.1) is 5.82 Å². The van der Waals surface area contributed by atoms with Crippen LogP contribution >= 0.6 is 0 Å². The van der Waals surface area contributed by atoms with Crippen molar-refractivity contribution in [1.29, 1.82) is 0 Å². The van der Waals surface area contributed by atoms with Gasteiger partial charge in [-0.1, -0.05) is 26.0 Å². The number of halogens is 1. The van der Waals surface area contributed by atoms with E-state index in [0.717, 1.165) is 16.8 Å². The van der Waals surface area contributed by atoms with E-state index in [0.29, 0.717) is 12.2 Å². The molecule has 0 aliphatic carbocycles. The molecule has 21 heavy (non-hydrogen) atoms. The van der Waals surface area contributed by atoms with E-state index < -0.39 is 0 Å². The normalized spacial score (nSPS) is 11.8.